The number of hydrogen-bond acceptors (Lipinski definition) is 2. The van der Waals surface area contributed by atoms with Crippen LogP contribution in [0.2, 0.25) is 0 Å². The number of rotatable bonds is 7. The van der Waals surface area contributed by atoms with Gasteiger partial charge in [0.2, 0.25) is 11.8 Å². The van der Waals surface area contributed by atoms with Crippen molar-refractivity contribution in [1.82, 2.24) is 10.2 Å². The summed E-state index contributed by atoms with van der Waals surface area (Å²) in [4.78, 5) is 26.8. The minimum Gasteiger partial charge on any atom is -0.343 e. The maximum Gasteiger partial charge on any atom is 0.245 e. The van der Waals surface area contributed by atoms with Gasteiger partial charge < -0.3 is 10.2 Å². The van der Waals surface area contributed by atoms with E-state index >= 15 is 0 Å². The van der Waals surface area contributed by atoms with Gasteiger partial charge in [0.25, 0.3) is 0 Å². The zero-order chi connectivity index (χ0) is 14.7. The van der Waals surface area contributed by atoms with Gasteiger partial charge in [-0.1, -0.05) is 40.0 Å². The molecular weight excluding hydrogens is 252 g/mol. The number of amides is 2. The first-order valence-corrected chi connectivity index (χ1v) is 8.13. The highest BCUT2D eigenvalue weighted by Gasteiger charge is 2.40. The zero-order valence-corrected chi connectivity index (χ0v) is 13.0. The van der Waals surface area contributed by atoms with Gasteiger partial charge in [-0.15, -0.1) is 0 Å². The van der Waals surface area contributed by atoms with E-state index < -0.39 is 0 Å². The van der Waals surface area contributed by atoms with Crippen LogP contribution in [0.5, 0.6) is 0 Å². The minimum atomic E-state index is -0.296. The van der Waals surface area contributed by atoms with Crippen LogP contribution in [-0.4, -0.2) is 35.3 Å². The van der Waals surface area contributed by atoms with Crippen LogP contribution < -0.4 is 5.32 Å². The molecule has 114 valence electrons. The number of nitrogens with zero attached hydrogens (tertiary/aromatic N) is 1. The molecule has 0 spiro atoms. The van der Waals surface area contributed by atoms with Crippen molar-refractivity contribution in [3.63, 3.8) is 0 Å². The summed E-state index contributed by atoms with van der Waals surface area (Å²) in [6, 6.07) is -0.551. The summed E-state index contributed by atoms with van der Waals surface area (Å²) in [5, 5.41) is 2.93. The van der Waals surface area contributed by atoms with Crippen LogP contribution in [0.15, 0.2) is 0 Å². The molecule has 0 bridgehead atoms. The van der Waals surface area contributed by atoms with Crippen LogP contribution in [0, 0.1) is 11.8 Å². The zero-order valence-electron chi connectivity index (χ0n) is 13.0. The van der Waals surface area contributed by atoms with E-state index in [4.69, 9.17) is 0 Å². The van der Waals surface area contributed by atoms with Crippen molar-refractivity contribution in [3.05, 3.63) is 0 Å². The quantitative estimate of drug-likeness (QED) is 0.778. The van der Waals surface area contributed by atoms with Crippen LogP contribution in [0.4, 0.5) is 0 Å². The molecule has 0 aromatic carbocycles. The van der Waals surface area contributed by atoms with E-state index in [0.29, 0.717) is 5.92 Å². The Hall–Kier alpha value is -1.06. The lowest BCUT2D eigenvalue weighted by Gasteiger charge is -2.39. The van der Waals surface area contributed by atoms with Crippen molar-refractivity contribution in [2.45, 2.75) is 71.4 Å². The minimum absolute atomic E-state index is 0.0487. The molecule has 2 rings (SSSR count). The summed E-state index contributed by atoms with van der Waals surface area (Å²) in [5.41, 5.74) is 0. The molecule has 2 unspecified atom stereocenters. The van der Waals surface area contributed by atoms with E-state index in [9.17, 15) is 9.59 Å². The third-order valence-corrected chi connectivity index (χ3v) is 4.32. The number of carbonyl (C=O) groups is 2. The number of carbonyl (C=O) groups excluding carboxylic acids is 2. The SMILES string of the molecule is CCCC1NC(=O)C(CC(C)C)N(CCC2CC2)C1=O. The van der Waals surface area contributed by atoms with Gasteiger partial charge in [-0.2, -0.15) is 0 Å². The summed E-state index contributed by atoms with van der Waals surface area (Å²) in [5.74, 6) is 1.40. The third kappa shape index (κ3) is 3.74. The Morgan fingerprint density at radius 3 is 2.50 bits per heavy atom. The van der Waals surface area contributed by atoms with Crippen molar-refractivity contribution in [2.75, 3.05) is 6.54 Å². The Bertz CT molecular complexity index is 363. The van der Waals surface area contributed by atoms with Gasteiger partial charge in [-0.3, -0.25) is 9.59 Å². The van der Waals surface area contributed by atoms with Crippen molar-refractivity contribution >= 4 is 11.8 Å². The lowest BCUT2D eigenvalue weighted by molar-refractivity contribution is -0.150. The van der Waals surface area contributed by atoms with E-state index in [1.165, 1.54) is 12.8 Å². The second kappa shape index (κ2) is 6.59. The molecule has 1 saturated heterocycles. The summed E-state index contributed by atoms with van der Waals surface area (Å²) >= 11 is 0. The Morgan fingerprint density at radius 1 is 1.25 bits per heavy atom. The van der Waals surface area contributed by atoms with E-state index in [2.05, 4.69) is 19.2 Å². The second-order valence-corrected chi connectivity index (χ2v) is 6.76. The molecule has 2 atom stereocenters. The molecule has 1 N–H and O–H groups in total. The molecule has 0 radical (unpaired) electrons. The highest BCUT2D eigenvalue weighted by Crippen LogP contribution is 2.33. The molecular formula is C16H28N2O2. The predicted octanol–water partition coefficient (Wildman–Crippen LogP) is 2.33. The lowest BCUT2D eigenvalue weighted by atomic mass is 9.96. The highest BCUT2D eigenvalue weighted by molar-refractivity contribution is 5.96. The third-order valence-electron chi connectivity index (χ3n) is 4.32. The predicted molar refractivity (Wildman–Crippen MR) is 79.1 cm³/mol. The first-order chi connectivity index (χ1) is 9.52. The average molecular weight is 280 g/mol. The maximum atomic E-state index is 12.6. The molecule has 0 aromatic rings. The van der Waals surface area contributed by atoms with Gasteiger partial charge in [0.05, 0.1) is 0 Å². The van der Waals surface area contributed by atoms with Gasteiger partial charge >= 0.3 is 0 Å². The molecule has 1 aliphatic carbocycles. The van der Waals surface area contributed by atoms with Gasteiger partial charge in [0.1, 0.15) is 12.1 Å². The fourth-order valence-corrected chi connectivity index (χ4v) is 2.98. The van der Waals surface area contributed by atoms with E-state index in [1.807, 2.05) is 11.8 Å². The summed E-state index contributed by atoms with van der Waals surface area (Å²) in [6.07, 6.45) is 6.08. The van der Waals surface area contributed by atoms with Crippen molar-refractivity contribution < 1.29 is 9.59 Å². The van der Waals surface area contributed by atoms with Gasteiger partial charge in [-0.25, -0.2) is 0 Å². The van der Waals surface area contributed by atoms with Crippen molar-refractivity contribution in [3.8, 4) is 0 Å². The molecule has 2 fully saturated rings. The first-order valence-electron chi connectivity index (χ1n) is 8.13. The largest absolute Gasteiger partial charge is 0.343 e. The molecule has 4 heteroatoms. The van der Waals surface area contributed by atoms with E-state index in [0.717, 1.165) is 38.1 Å². The number of piperazine rings is 1. The Kier molecular flexibility index (Phi) is 5.06. The summed E-state index contributed by atoms with van der Waals surface area (Å²) in [6.45, 7) is 7.02. The Balaban J connectivity index is 2.06. The summed E-state index contributed by atoms with van der Waals surface area (Å²) in [7, 11) is 0. The maximum absolute atomic E-state index is 12.6. The van der Waals surface area contributed by atoms with E-state index in [-0.39, 0.29) is 23.9 Å². The normalized spacial score (nSPS) is 27.1. The lowest BCUT2D eigenvalue weighted by Crippen LogP contribution is -2.63. The fourth-order valence-electron chi connectivity index (χ4n) is 2.98. The fraction of sp³-hybridized carbons (Fsp3) is 0.875. The average Bonchev–Trinajstić information content (AvgIpc) is 3.18. The van der Waals surface area contributed by atoms with Crippen molar-refractivity contribution in [1.29, 1.82) is 0 Å². The molecule has 1 saturated carbocycles. The smallest absolute Gasteiger partial charge is 0.245 e. The van der Waals surface area contributed by atoms with Gasteiger partial charge in [-0.05, 0) is 31.1 Å². The monoisotopic (exact) mass is 280 g/mol. The van der Waals surface area contributed by atoms with Crippen LogP contribution in [0.1, 0.15) is 59.3 Å². The summed E-state index contributed by atoms with van der Waals surface area (Å²) < 4.78 is 0. The molecule has 2 aliphatic rings. The van der Waals surface area contributed by atoms with Crippen LogP contribution >= 0.6 is 0 Å². The standard InChI is InChI=1S/C16H28N2O2/c1-4-5-13-16(20)18(9-8-12-6-7-12)14(10-11(2)3)15(19)17-13/h11-14H,4-10H2,1-3H3,(H,17,19). The van der Waals surface area contributed by atoms with E-state index in [1.54, 1.807) is 0 Å². The first kappa shape index (κ1) is 15.3. The molecule has 2 amide bonds. The molecule has 20 heavy (non-hydrogen) atoms. The topological polar surface area (TPSA) is 49.4 Å². The van der Waals surface area contributed by atoms with Crippen molar-refractivity contribution in [2.24, 2.45) is 11.8 Å². The van der Waals surface area contributed by atoms with Gasteiger partial charge in [0.15, 0.2) is 0 Å². The van der Waals surface area contributed by atoms with Crippen LogP contribution in [-0.2, 0) is 9.59 Å². The molecule has 0 aromatic heterocycles. The highest BCUT2D eigenvalue weighted by atomic mass is 16.2. The van der Waals surface area contributed by atoms with Crippen LogP contribution in [0.25, 0.3) is 0 Å². The Labute approximate surface area is 122 Å². The Morgan fingerprint density at radius 2 is 1.95 bits per heavy atom. The number of hydrogen-bond donors (Lipinski definition) is 1. The van der Waals surface area contributed by atoms with Crippen LogP contribution in [0.3, 0.4) is 0 Å². The molecule has 4 nitrogen and oxygen atoms in total. The molecule has 1 aliphatic heterocycles. The molecule has 1 heterocycles. The van der Waals surface area contributed by atoms with Gasteiger partial charge in [0, 0.05) is 6.54 Å². The second-order valence-electron chi connectivity index (χ2n) is 6.76. The number of nitrogens with one attached hydrogen (secondary N) is 1.